The fourth-order valence-corrected chi connectivity index (χ4v) is 3.33. The molecule has 3 nitrogen and oxygen atoms in total. The molecular formula is C21H11F9O3S. The first kappa shape index (κ1) is 25.4. The Bertz CT molecular complexity index is 1260. The smallest absolute Gasteiger partial charge is 0.376 e. The van der Waals surface area contributed by atoms with E-state index in [2.05, 4.69) is 4.18 Å². The fraction of sp³-hybridized carbons (Fsp3) is 0.143. The van der Waals surface area contributed by atoms with Gasteiger partial charge < -0.3 is 4.18 Å². The standard InChI is InChI=1S/C21H11F9O3S/c22-19(23,24)16-8-15(9-17(11-16)20(25,26)27)13-6-4-12(5-7-13)14-2-1-3-18(10-14)33-34(31,32)21(28,29)30/h1-11H. The normalized spacial score (nSPS) is 13.1. The van der Waals surface area contributed by atoms with E-state index in [-0.39, 0.29) is 28.3 Å². The van der Waals surface area contributed by atoms with Crippen molar-refractivity contribution in [3.63, 3.8) is 0 Å². The van der Waals surface area contributed by atoms with Crippen LogP contribution >= 0.6 is 0 Å². The molecule has 0 N–H and O–H groups in total. The molecule has 182 valence electrons. The number of hydrogen-bond donors (Lipinski definition) is 0. The van der Waals surface area contributed by atoms with Crippen LogP contribution in [0.2, 0.25) is 0 Å². The van der Waals surface area contributed by atoms with Crippen molar-refractivity contribution in [2.45, 2.75) is 17.9 Å². The third-order valence-electron chi connectivity index (χ3n) is 4.46. The molecule has 0 saturated heterocycles. The highest BCUT2D eigenvalue weighted by Gasteiger charge is 2.48. The van der Waals surface area contributed by atoms with Crippen LogP contribution in [-0.2, 0) is 22.5 Å². The largest absolute Gasteiger partial charge is 0.534 e. The zero-order valence-electron chi connectivity index (χ0n) is 16.4. The van der Waals surface area contributed by atoms with Crippen molar-refractivity contribution in [2.75, 3.05) is 0 Å². The number of benzene rings is 3. The van der Waals surface area contributed by atoms with Gasteiger partial charge in [-0.3, -0.25) is 0 Å². The summed E-state index contributed by atoms with van der Waals surface area (Å²) >= 11 is 0. The lowest BCUT2D eigenvalue weighted by molar-refractivity contribution is -0.143. The molecule has 0 radical (unpaired) electrons. The summed E-state index contributed by atoms with van der Waals surface area (Å²) in [6.45, 7) is 0. The number of halogens is 9. The van der Waals surface area contributed by atoms with Crippen LogP contribution in [0.5, 0.6) is 5.75 Å². The Morgan fingerprint density at radius 1 is 0.559 bits per heavy atom. The molecule has 0 amide bonds. The molecule has 0 spiro atoms. The number of hydrogen-bond acceptors (Lipinski definition) is 3. The molecule has 0 aromatic heterocycles. The molecule has 3 aromatic rings. The summed E-state index contributed by atoms with van der Waals surface area (Å²) in [6, 6.07) is 10.6. The van der Waals surface area contributed by atoms with Crippen molar-refractivity contribution in [3.8, 4) is 28.0 Å². The minimum absolute atomic E-state index is 0.00162. The first-order valence-corrected chi connectivity index (χ1v) is 10.4. The van der Waals surface area contributed by atoms with Gasteiger partial charge in [-0.2, -0.15) is 47.9 Å². The molecule has 0 bridgehead atoms. The van der Waals surface area contributed by atoms with E-state index < -0.39 is 44.9 Å². The van der Waals surface area contributed by atoms with Gasteiger partial charge in [0.2, 0.25) is 0 Å². The van der Waals surface area contributed by atoms with Gasteiger partial charge in [0.1, 0.15) is 5.75 Å². The van der Waals surface area contributed by atoms with E-state index in [1.54, 1.807) is 0 Å². The average molecular weight is 514 g/mol. The van der Waals surface area contributed by atoms with E-state index in [1.165, 1.54) is 36.4 Å². The molecular weight excluding hydrogens is 503 g/mol. The Kier molecular flexibility index (Phi) is 6.37. The minimum atomic E-state index is -5.91. The van der Waals surface area contributed by atoms with Crippen molar-refractivity contribution >= 4 is 10.1 Å². The molecule has 0 aliphatic carbocycles. The number of alkyl halides is 9. The Hall–Kier alpha value is -3.22. The lowest BCUT2D eigenvalue weighted by atomic mass is 9.97. The van der Waals surface area contributed by atoms with E-state index in [1.807, 2.05) is 0 Å². The molecule has 0 fully saturated rings. The zero-order valence-corrected chi connectivity index (χ0v) is 17.2. The Morgan fingerprint density at radius 2 is 1.03 bits per heavy atom. The maximum absolute atomic E-state index is 13.1. The van der Waals surface area contributed by atoms with Crippen LogP contribution in [0, 0.1) is 0 Å². The molecule has 0 aliphatic heterocycles. The van der Waals surface area contributed by atoms with Crippen molar-refractivity contribution in [3.05, 3.63) is 77.9 Å². The molecule has 3 aromatic carbocycles. The lowest BCUT2D eigenvalue weighted by Gasteiger charge is -2.15. The summed E-state index contributed by atoms with van der Waals surface area (Å²) < 4.78 is 142. The monoisotopic (exact) mass is 514 g/mol. The zero-order chi connectivity index (χ0) is 25.5. The molecule has 34 heavy (non-hydrogen) atoms. The van der Waals surface area contributed by atoms with Gasteiger partial charge in [0.05, 0.1) is 11.1 Å². The van der Waals surface area contributed by atoms with Crippen LogP contribution in [0.3, 0.4) is 0 Å². The predicted molar refractivity (Wildman–Crippen MR) is 103 cm³/mol. The Labute approximate surface area is 186 Å². The summed E-state index contributed by atoms with van der Waals surface area (Å²) in [5.41, 5.74) is -8.52. The van der Waals surface area contributed by atoms with Crippen molar-refractivity contribution in [1.82, 2.24) is 0 Å². The highest BCUT2D eigenvalue weighted by Crippen LogP contribution is 2.39. The van der Waals surface area contributed by atoms with Crippen LogP contribution in [0.25, 0.3) is 22.3 Å². The van der Waals surface area contributed by atoms with Gasteiger partial charge in [-0.25, -0.2) is 0 Å². The fourth-order valence-electron chi connectivity index (χ4n) is 2.88. The second kappa shape index (κ2) is 8.53. The first-order valence-electron chi connectivity index (χ1n) is 8.98. The van der Waals surface area contributed by atoms with Gasteiger partial charge in [0.15, 0.2) is 0 Å². The minimum Gasteiger partial charge on any atom is -0.376 e. The maximum atomic E-state index is 13.1. The van der Waals surface area contributed by atoms with Gasteiger partial charge in [-0.15, -0.1) is 0 Å². The SMILES string of the molecule is O=S(=O)(Oc1cccc(-c2ccc(-c3cc(C(F)(F)F)cc(C(F)(F)F)c3)cc2)c1)C(F)(F)F. The molecule has 0 unspecified atom stereocenters. The van der Waals surface area contributed by atoms with Crippen LogP contribution in [0.4, 0.5) is 39.5 Å². The molecule has 0 heterocycles. The maximum Gasteiger partial charge on any atom is 0.534 e. The Morgan fingerprint density at radius 3 is 1.47 bits per heavy atom. The van der Waals surface area contributed by atoms with E-state index in [4.69, 9.17) is 0 Å². The van der Waals surface area contributed by atoms with Gasteiger partial charge in [0.25, 0.3) is 0 Å². The van der Waals surface area contributed by atoms with Gasteiger partial charge in [-0.1, -0.05) is 36.4 Å². The highest BCUT2D eigenvalue weighted by atomic mass is 32.2. The van der Waals surface area contributed by atoms with E-state index in [9.17, 15) is 47.9 Å². The van der Waals surface area contributed by atoms with E-state index >= 15 is 0 Å². The summed E-state index contributed by atoms with van der Waals surface area (Å²) in [5, 5.41) is 0. The van der Waals surface area contributed by atoms with Gasteiger partial charge in [-0.05, 0) is 52.6 Å². The third kappa shape index (κ3) is 5.64. The third-order valence-corrected chi connectivity index (χ3v) is 5.44. The summed E-state index contributed by atoms with van der Waals surface area (Å²) in [4.78, 5) is 0. The van der Waals surface area contributed by atoms with Crippen molar-refractivity contribution < 1.29 is 52.1 Å². The van der Waals surface area contributed by atoms with Gasteiger partial charge >= 0.3 is 28.0 Å². The van der Waals surface area contributed by atoms with Crippen LogP contribution < -0.4 is 4.18 Å². The second-order valence-corrected chi connectivity index (χ2v) is 8.42. The summed E-state index contributed by atoms with van der Waals surface area (Å²) in [7, 11) is -5.91. The molecule has 3 rings (SSSR count). The number of rotatable bonds is 4. The topological polar surface area (TPSA) is 43.4 Å². The summed E-state index contributed by atoms with van der Waals surface area (Å²) in [5.74, 6) is -0.647. The molecule has 13 heteroatoms. The van der Waals surface area contributed by atoms with Gasteiger partial charge in [0, 0.05) is 0 Å². The molecule has 0 atom stereocenters. The Balaban J connectivity index is 1.96. The lowest BCUT2D eigenvalue weighted by Crippen LogP contribution is -2.28. The van der Waals surface area contributed by atoms with E-state index in [0.717, 1.165) is 12.1 Å². The van der Waals surface area contributed by atoms with Crippen molar-refractivity contribution in [1.29, 1.82) is 0 Å². The quantitative estimate of drug-likeness (QED) is 0.209. The molecule has 0 saturated carbocycles. The van der Waals surface area contributed by atoms with Crippen LogP contribution in [-0.4, -0.2) is 13.9 Å². The highest BCUT2D eigenvalue weighted by molar-refractivity contribution is 7.88. The molecule has 0 aliphatic rings. The van der Waals surface area contributed by atoms with Crippen LogP contribution in [0.15, 0.2) is 66.7 Å². The van der Waals surface area contributed by atoms with E-state index in [0.29, 0.717) is 12.1 Å². The first-order chi connectivity index (χ1) is 15.5. The average Bonchev–Trinajstić information content (AvgIpc) is 2.71. The van der Waals surface area contributed by atoms with Crippen molar-refractivity contribution in [2.24, 2.45) is 0 Å². The predicted octanol–water partition coefficient (Wildman–Crippen LogP) is 7.29. The second-order valence-electron chi connectivity index (χ2n) is 6.88. The van der Waals surface area contributed by atoms with Crippen LogP contribution in [0.1, 0.15) is 11.1 Å². The summed E-state index contributed by atoms with van der Waals surface area (Å²) in [6.07, 6.45) is -10.0.